The quantitative estimate of drug-likeness (QED) is 0.297. The fourth-order valence-corrected chi connectivity index (χ4v) is 7.47. The largest absolute Gasteiger partial charge is 0.296 e. The van der Waals surface area contributed by atoms with Crippen LogP contribution >= 0.6 is 7.29 Å². The highest BCUT2D eigenvalue weighted by Gasteiger charge is 2.59. The highest BCUT2D eigenvalue weighted by atomic mass is 31.2. The summed E-state index contributed by atoms with van der Waals surface area (Å²) in [6, 6.07) is 39.1. The Kier molecular flexibility index (Phi) is 4.90. The predicted octanol–water partition coefficient (Wildman–Crippen LogP) is 6.02. The minimum Gasteiger partial charge on any atom is -0.296 e. The maximum Gasteiger partial charge on any atom is 0.208 e. The highest BCUT2D eigenvalue weighted by molar-refractivity contribution is 7.76. The van der Waals surface area contributed by atoms with Gasteiger partial charge >= 0.3 is 0 Å². The Morgan fingerprint density at radius 1 is 0.567 bits per heavy atom. The second-order valence-corrected chi connectivity index (χ2v) is 10.5. The molecule has 4 aromatic carbocycles. The van der Waals surface area contributed by atoms with Crippen LogP contribution in [0.15, 0.2) is 115 Å². The van der Waals surface area contributed by atoms with Gasteiger partial charge in [0.25, 0.3) is 0 Å². The average molecular weight is 409 g/mol. The minimum atomic E-state index is -3.01. The van der Waals surface area contributed by atoms with Gasteiger partial charge in [-0.3, -0.25) is 4.57 Å². The number of hydrogen-bond acceptors (Lipinski definition) is 1. The third-order valence-corrected chi connectivity index (χ3v) is 9.02. The standard InChI is InChI=1S/C27H24NOP/c1-21-17-19-23(20-18-21)27-26(22-11-5-2-6-12-22)28(27)30(29,24-13-7-3-8-14-24)25-15-9-4-10-16-25/h2-20,26-27H,1H3. The lowest BCUT2D eigenvalue weighted by atomic mass is 10.0. The fraction of sp³-hybridized carbons (Fsp3) is 0.111. The summed E-state index contributed by atoms with van der Waals surface area (Å²) in [7, 11) is -3.01. The zero-order valence-electron chi connectivity index (χ0n) is 16.9. The number of aryl methyl sites for hydroxylation is 1. The van der Waals surface area contributed by atoms with Crippen LogP contribution in [0.25, 0.3) is 0 Å². The molecule has 3 heteroatoms. The van der Waals surface area contributed by atoms with Gasteiger partial charge in [-0.15, -0.1) is 0 Å². The summed E-state index contributed by atoms with van der Waals surface area (Å²) in [5.74, 6) is 0. The molecule has 0 saturated carbocycles. The summed E-state index contributed by atoms with van der Waals surface area (Å²) in [5.41, 5.74) is 3.65. The molecule has 0 radical (unpaired) electrons. The van der Waals surface area contributed by atoms with Crippen LogP contribution in [0.3, 0.4) is 0 Å². The molecule has 2 nitrogen and oxygen atoms in total. The van der Waals surface area contributed by atoms with E-state index in [9.17, 15) is 4.57 Å². The number of rotatable bonds is 5. The molecule has 4 aromatic rings. The van der Waals surface area contributed by atoms with Crippen molar-refractivity contribution in [1.29, 1.82) is 0 Å². The predicted molar refractivity (Wildman–Crippen MR) is 125 cm³/mol. The second kappa shape index (κ2) is 7.72. The molecule has 5 rings (SSSR count). The van der Waals surface area contributed by atoms with Crippen LogP contribution in [-0.2, 0) is 4.57 Å². The van der Waals surface area contributed by atoms with Crippen LogP contribution in [0.2, 0.25) is 0 Å². The Bertz CT molecular complexity index is 1130. The number of benzene rings is 4. The molecule has 1 fully saturated rings. The van der Waals surface area contributed by atoms with Crippen molar-refractivity contribution >= 4 is 17.9 Å². The van der Waals surface area contributed by atoms with Gasteiger partial charge in [0.1, 0.15) is 0 Å². The van der Waals surface area contributed by atoms with Gasteiger partial charge in [-0.1, -0.05) is 96.6 Å². The average Bonchev–Trinajstić information content (AvgIpc) is 3.57. The van der Waals surface area contributed by atoms with Crippen molar-refractivity contribution in [2.45, 2.75) is 19.0 Å². The first kappa shape index (κ1) is 19.1. The summed E-state index contributed by atoms with van der Waals surface area (Å²) in [6.07, 6.45) is 0. The van der Waals surface area contributed by atoms with Crippen molar-refractivity contribution in [3.8, 4) is 0 Å². The lowest BCUT2D eigenvalue weighted by molar-refractivity contribution is 0.554. The summed E-state index contributed by atoms with van der Waals surface area (Å²) >= 11 is 0. The molecule has 148 valence electrons. The summed E-state index contributed by atoms with van der Waals surface area (Å²) in [4.78, 5) is 0. The van der Waals surface area contributed by atoms with Crippen LogP contribution in [0.4, 0.5) is 0 Å². The molecule has 3 atom stereocenters. The van der Waals surface area contributed by atoms with E-state index in [4.69, 9.17) is 0 Å². The Balaban J connectivity index is 1.69. The molecule has 0 aromatic heterocycles. The van der Waals surface area contributed by atoms with E-state index in [0.29, 0.717) is 0 Å². The van der Waals surface area contributed by atoms with Gasteiger partial charge in [0.15, 0.2) is 0 Å². The molecule has 0 N–H and O–H groups in total. The van der Waals surface area contributed by atoms with Gasteiger partial charge in [-0.2, -0.15) is 0 Å². The molecule has 1 aliphatic heterocycles. The Morgan fingerprint density at radius 2 is 0.967 bits per heavy atom. The fourth-order valence-electron chi connectivity index (χ4n) is 4.33. The molecule has 0 amide bonds. The highest BCUT2D eigenvalue weighted by Crippen LogP contribution is 2.70. The molecule has 1 heterocycles. The molecule has 30 heavy (non-hydrogen) atoms. The zero-order valence-corrected chi connectivity index (χ0v) is 17.8. The minimum absolute atomic E-state index is 0.0826. The topological polar surface area (TPSA) is 20.1 Å². The van der Waals surface area contributed by atoms with Crippen LogP contribution in [0.5, 0.6) is 0 Å². The van der Waals surface area contributed by atoms with Crippen LogP contribution in [-0.4, -0.2) is 4.67 Å². The maximum atomic E-state index is 14.9. The third-order valence-electron chi connectivity index (χ3n) is 5.88. The Hall–Kier alpha value is -2.93. The molecule has 0 spiro atoms. The van der Waals surface area contributed by atoms with Gasteiger partial charge in [0.05, 0.1) is 12.1 Å². The van der Waals surface area contributed by atoms with Gasteiger partial charge in [0.2, 0.25) is 7.29 Å². The van der Waals surface area contributed by atoms with Gasteiger partial charge < -0.3 is 0 Å². The molecule has 3 unspecified atom stereocenters. The Morgan fingerprint density at radius 3 is 1.43 bits per heavy atom. The van der Waals surface area contributed by atoms with Gasteiger partial charge in [-0.25, -0.2) is 4.67 Å². The molecule has 0 bridgehead atoms. The van der Waals surface area contributed by atoms with Crippen molar-refractivity contribution in [2.24, 2.45) is 0 Å². The van der Waals surface area contributed by atoms with Crippen molar-refractivity contribution < 1.29 is 4.57 Å². The van der Waals surface area contributed by atoms with E-state index < -0.39 is 7.29 Å². The summed E-state index contributed by atoms with van der Waals surface area (Å²) < 4.78 is 17.2. The third kappa shape index (κ3) is 3.23. The first-order valence-corrected chi connectivity index (χ1v) is 12.0. The summed E-state index contributed by atoms with van der Waals surface area (Å²) in [6.45, 7) is 2.10. The first-order valence-electron chi connectivity index (χ1n) is 10.3. The molecular weight excluding hydrogens is 385 g/mol. The van der Waals surface area contributed by atoms with E-state index in [1.807, 2.05) is 66.7 Å². The lowest BCUT2D eigenvalue weighted by Gasteiger charge is -2.22. The van der Waals surface area contributed by atoms with Crippen LogP contribution < -0.4 is 10.6 Å². The first-order chi connectivity index (χ1) is 14.7. The van der Waals surface area contributed by atoms with Crippen molar-refractivity contribution in [1.82, 2.24) is 4.67 Å². The van der Waals surface area contributed by atoms with Crippen molar-refractivity contribution in [3.63, 3.8) is 0 Å². The van der Waals surface area contributed by atoms with E-state index in [-0.39, 0.29) is 12.1 Å². The molecular formula is C27H24NOP. The smallest absolute Gasteiger partial charge is 0.208 e. The van der Waals surface area contributed by atoms with Crippen LogP contribution in [0, 0.1) is 6.92 Å². The van der Waals surface area contributed by atoms with E-state index >= 15 is 0 Å². The maximum absolute atomic E-state index is 14.9. The van der Waals surface area contributed by atoms with E-state index in [2.05, 4.69) is 60.1 Å². The molecule has 1 aliphatic rings. The second-order valence-electron chi connectivity index (χ2n) is 7.84. The number of hydrogen-bond donors (Lipinski definition) is 0. The Labute approximate surface area is 178 Å². The van der Waals surface area contributed by atoms with E-state index in [0.717, 1.165) is 10.6 Å². The monoisotopic (exact) mass is 409 g/mol. The SMILES string of the molecule is Cc1ccc(C2C(c3ccccc3)N2P(=O)(c2ccccc2)c2ccccc2)cc1. The van der Waals surface area contributed by atoms with Crippen molar-refractivity contribution in [3.05, 3.63) is 132 Å². The van der Waals surface area contributed by atoms with Crippen LogP contribution in [0.1, 0.15) is 28.8 Å². The normalized spacial score (nSPS) is 20.6. The number of nitrogens with zero attached hydrogens (tertiary/aromatic N) is 1. The van der Waals surface area contributed by atoms with E-state index in [1.54, 1.807) is 0 Å². The zero-order chi connectivity index (χ0) is 20.6. The van der Waals surface area contributed by atoms with Crippen molar-refractivity contribution in [2.75, 3.05) is 0 Å². The van der Waals surface area contributed by atoms with Gasteiger partial charge in [0, 0.05) is 10.6 Å². The summed E-state index contributed by atoms with van der Waals surface area (Å²) in [5, 5.41) is 1.76. The van der Waals surface area contributed by atoms with Gasteiger partial charge in [-0.05, 0) is 42.3 Å². The molecule has 1 saturated heterocycles. The van der Waals surface area contributed by atoms with E-state index in [1.165, 1.54) is 16.7 Å². The molecule has 0 aliphatic carbocycles. The lowest BCUT2D eigenvalue weighted by Crippen LogP contribution is -2.22.